The monoisotopic (exact) mass is 294 g/mol. The van der Waals surface area contributed by atoms with Crippen molar-refractivity contribution in [2.45, 2.75) is 51.4 Å². The Bertz CT molecular complexity index is 448. The number of benzene rings is 1. The highest BCUT2D eigenvalue weighted by Gasteiger charge is 2.20. The van der Waals surface area contributed by atoms with Gasteiger partial charge in [0.1, 0.15) is 11.5 Å². The van der Waals surface area contributed by atoms with Crippen LogP contribution in [0, 0.1) is 5.92 Å². The maximum absolute atomic E-state index is 12.5. The molecule has 0 spiro atoms. The molecular formula is C17H23ClO2. The molecule has 2 rings (SSSR count). The van der Waals surface area contributed by atoms with Crippen LogP contribution in [0.4, 0.5) is 0 Å². The first kappa shape index (κ1) is 15.4. The molecule has 1 fully saturated rings. The van der Waals surface area contributed by atoms with E-state index in [9.17, 15) is 4.79 Å². The third kappa shape index (κ3) is 4.24. The van der Waals surface area contributed by atoms with E-state index in [1.165, 1.54) is 32.1 Å². The van der Waals surface area contributed by atoms with Crippen molar-refractivity contribution in [3.05, 3.63) is 28.8 Å². The van der Waals surface area contributed by atoms with Gasteiger partial charge in [-0.25, -0.2) is 0 Å². The van der Waals surface area contributed by atoms with Crippen LogP contribution in [0.25, 0.3) is 0 Å². The molecule has 0 saturated heterocycles. The van der Waals surface area contributed by atoms with Gasteiger partial charge in [-0.3, -0.25) is 4.79 Å². The van der Waals surface area contributed by atoms with Gasteiger partial charge < -0.3 is 4.74 Å². The first-order valence-corrected chi connectivity index (χ1v) is 7.93. The molecule has 0 heterocycles. The topological polar surface area (TPSA) is 26.3 Å². The number of Topliss-reactive ketones (excluding diaryl/α,β-unsaturated/α-hetero) is 1. The fourth-order valence-corrected chi connectivity index (χ4v) is 3.19. The number of hydrogen-bond acceptors (Lipinski definition) is 2. The summed E-state index contributed by atoms with van der Waals surface area (Å²) < 4.78 is 5.32. The molecule has 20 heavy (non-hydrogen) atoms. The van der Waals surface area contributed by atoms with E-state index in [0.717, 1.165) is 24.2 Å². The van der Waals surface area contributed by atoms with Gasteiger partial charge in [-0.05, 0) is 31.0 Å². The minimum Gasteiger partial charge on any atom is -0.496 e. The van der Waals surface area contributed by atoms with E-state index < -0.39 is 0 Å². The lowest BCUT2D eigenvalue weighted by atomic mass is 9.86. The molecule has 0 radical (unpaired) electrons. The van der Waals surface area contributed by atoms with Gasteiger partial charge in [0.2, 0.25) is 0 Å². The molecule has 0 N–H and O–H groups in total. The Balaban J connectivity index is 2.04. The van der Waals surface area contributed by atoms with E-state index in [2.05, 4.69) is 0 Å². The Morgan fingerprint density at radius 2 is 1.85 bits per heavy atom. The van der Waals surface area contributed by atoms with Crippen LogP contribution in [0.5, 0.6) is 5.75 Å². The number of carbonyl (C=O) groups excluding carboxylic acids is 1. The van der Waals surface area contributed by atoms with Crippen LogP contribution in [-0.4, -0.2) is 12.9 Å². The Morgan fingerprint density at radius 1 is 1.20 bits per heavy atom. The van der Waals surface area contributed by atoms with Crippen molar-refractivity contribution in [1.29, 1.82) is 0 Å². The number of rotatable bonds is 4. The van der Waals surface area contributed by atoms with Gasteiger partial charge in [-0.15, -0.1) is 0 Å². The standard InChI is InChI=1S/C17H23ClO2/c1-20-17-10-9-15(18)11-14(17)12-16(19)13-7-5-3-2-4-6-8-13/h9-11,13H,2-8,12H2,1H3. The molecule has 1 aliphatic rings. The van der Waals surface area contributed by atoms with Crippen molar-refractivity contribution < 1.29 is 9.53 Å². The van der Waals surface area contributed by atoms with E-state index >= 15 is 0 Å². The molecule has 0 bridgehead atoms. The molecule has 1 saturated carbocycles. The van der Waals surface area contributed by atoms with Gasteiger partial charge in [0.15, 0.2) is 0 Å². The highest BCUT2D eigenvalue weighted by atomic mass is 35.5. The van der Waals surface area contributed by atoms with Gasteiger partial charge in [0.05, 0.1) is 7.11 Å². The quantitative estimate of drug-likeness (QED) is 0.796. The smallest absolute Gasteiger partial charge is 0.140 e. The van der Waals surface area contributed by atoms with Gasteiger partial charge in [-0.1, -0.05) is 43.7 Å². The molecule has 0 atom stereocenters. The maximum Gasteiger partial charge on any atom is 0.140 e. The summed E-state index contributed by atoms with van der Waals surface area (Å²) in [4.78, 5) is 12.5. The van der Waals surface area contributed by atoms with Crippen molar-refractivity contribution in [3.63, 3.8) is 0 Å². The van der Waals surface area contributed by atoms with E-state index in [0.29, 0.717) is 17.2 Å². The van der Waals surface area contributed by atoms with Gasteiger partial charge >= 0.3 is 0 Å². The van der Waals surface area contributed by atoms with Crippen molar-refractivity contribution in [2.24, 2.45) is 5.92 Å². The van der Waals surface area contributed by atoms with Gasteiger partial charge in [0.25, 0.3) is 0 Å². The summed E-state index contributed by atoms with van der Waals surface area (Å²) in [7, 11) is 1.63. The minimum atomic E-state index is 0.221. The summed E-state index contributed by atoms with van der Waals surface area (Å²) in [6, 6.07) is 5.48. The Kier molecular flexibility index (Phi) is 5.90. The second-order valence-corrected chi connectivity index (χ2v) is 6.08. The number of ether oxygens (including phenoxy) is 1. The molecule has 1 aromatic rings. The molecule has 3 heteroatoms. The van der Waals surface area contributed by atoms with Crippen LogP contribution in [0.1, 0.15) is 50.5 Å². The predicted octanol–water partition coefficient (Wildman–Crippen LogP) is 4.82. The number of methoxy groups -OCH3 is 1. The summed E-state index contributed by atoms with van der Waals surface area (Å²) in [5.41, 5.74) is 0.909. The fraction of sp³-hybridized carbons (Fsp3) is 0.588. The highest BCUT2D eigenvalue weighted by Crippen LogP contribution is 2.27. The third-order valence-corrected chi connectivity index (χ3v) is 4.40. The Labute approximate surface area is 126 Å². The molecule has 0 aromatic heterocycles. The Morgan fingerprint density at radius 3 is 2.50 bits per heavy atom. The number of ketones is 1. The van der Waals surface area contributed by atoms with Crippen LogP contribution in [-0.2, 0) is 11.2 Å². The molecule has 0 unspecified atom stereocenters. The molecule has 1 aromatic carbocycles. The first-order valence-electron chi connectivity index (χ1n) is 7.56. The van der Waals surface area contributed by atoms with Crippen molar-refractivity contribution in [1.82, 2.24) is 0 Å². The lowest BCUT2D eigenvalue weighted by molar-refractivity contribution is -0.122. The zero-order valence-electron chi connectivity index (χ0n) is 12.2. The van der Waals surface area contributed by atoms with E-state index in [-0.39, 0.29) is 5.92 Å². The first-order chi connectivity index (χ1) is 9.70. The third-order valence-electron chi connectivity index (χ3n) is 4.17. The second kappa shape index (κ2) is 7.68. The van der Waals surface area contributed by atoms with Crippen LogP contribution < -0.4 is 4.74 Å². The fourth-order valence-electron chi connectivity index (χ4n) is 3.00. The van der Waals surface area contributed by atoms with Crippen LogP contribution in [0.3, 0.4) is 0 Å². The predicted molar refractivity (Wildman–Crippen MR) is 82.5 cm³/mol. The van der Waals surface area contributed by atoms with E-state index in [1.807, 2.05) is 12.1 Å². The average molecular weight is 295 g/mol. The SMILES string of the molecule is COc1ccc(Cl)cc1CC(=O)C1CCCCCCC1. The summed E-state index contributed by atoms with van der Waals surface area (Å²) in [5.74, 6) is 1.32. The lowest BCUT2D eigenvalue weighted by Crippen LogP contribution is -2.18. The van der Waals surface area contributed by atoms with Crippen molar-refractivity contribution in [2.75, 3.05) is 7.11 Å². The van der Waals surface area contributed by atoms with E-state index in [4.69, 9.17) is 16.3 Å². The maximum atomic E-state index is 12.5. The van der Waals surface area contributed by atoms with Crippen molar-refractivity contribution >= 4 is 17.4 Å². The largest absolute Gasteiger partial charge is 0.496 e. The molecule has 0 amide bonds. The molecule has 2 nitrogen and oxygen atoms in total. The highest BCUT2D eigenvalue weighted by molar-refractivity contribution is 6.30. The minimum absolute atomic E-state index is 0.221. The molecule has 1 aliphatic carbocycles. The van der Waals surface area contributed by atoms with Crippen LogP contribution in [0.2, 0.25) is 5.02 Å². The molecular weight excluding hydrogens is 272 g/mol. The van der Waals surface area contributed by atoms with Crippen molar-refractivity contribution in [3.8, 4) is 5.75 Å². The van der Waals surface area contributed by atoms with Crippen LogP contribution >= 0.6 is 11.6 Å². The lowest BCUT2D eigenvalue weighted by Gasteiger charge is -2.19. The summed E-state index contributed by atoms with van der Waals surface area (Å²) in [6.07, 6.45) is 8.75. The summed E-state index contributed by atoms with van der Waals surface area (Å²) in [6.45, 7) is 0. The number of hydrogen-bond donors (Lipinski definition) is 0. The zero-order chi connectivity index (χ0) is 14.4. The Hall–Kier alpha value is -1.02. The summed E-state index contributed by atoms with van der Waals surface area (Å²) >= 11 is 6.02. The second-order valence-electron chi connectivity index (χ2n) is 5.64. The number of carbonyl (C=O) groups is 1. The van der Waals surface area contributed by atoms with Gasteiger partial charge in [-0.2, -0.15) is 0 Å². The van der Waals surface area contributed by atoms with Crippen LogP contribution in [0.15, 0.2) is 18.2 Å². The normalized spacial score (nSPS) is 17.3. The molecule has 0 aliphatic heterocycles. The van der Waals surface area contributed by atoms with E-state index in [1.54, 1.807) is 13.2 Å². The summed E-state index contributed by atoms with van der Waals surface area (Å²) in [5, 5.41) is 0.659. The average Bonchev–Trinajstić information content (AvgIpc) is 2.38. The number of halogens is 1. The zero-order valence-corrected chi connectivity index (χ0v) is 12.9. The van der Waals surface area contributed by atoms with Gasteiger partial charge in [0, 0.05) is 22.9 Å². The molecule has 110 valence electrons.